The van der Waals surface area contributed by atoms with Crippen LogP contribution in [-0.4, -0.2) is 32.2 Å². The van der Waals surface area contributed by atoms with E-state index in [-0.39, 0.29) is 17.5 Å². The van der Waals surface area contributed by atoms with Gasteiger partial charge in [-0.05, 0) is 37.3 Å². The highest BCUT2D eigenvalue weighted by atomic mass is 32.2. The van der Waals surface area contributed by atoms with E-state index in [9.17, 15) is 19.7 Å². The van der Waals surface area contributed by atoms with E-state index < -0.39 is 10.2 Å². The lowest BCUT2D eigenvalue weighted by Crippen LogP contribution is -2.22. The summed E-state index contributed by atoms with van der Waals surface area (Å²) in [5.41, 5.74) is 1.83. The molecule has 1 atom stereocenters. The number of amides is 2. The first-order valence-corrected chi connectivity index (χ1v) is 10.7. The second kappa shape index (κ2) is 10.00. The van der Waals surface area contributed by atoms with Crippen molar-refractivity contribution in [2.75, 3.05) is 16.0 Å². The van der Waals surface area contributed by atoms with E-state index in [2.05, 4.69) is 26.1 Å². The molecule has 2 aromatic carbocycles. The van der Waals surface area contributed by atoms with Crippen LogP contribution in [0.4, 0.5) is 27.9 Å². The number of benzene rings is 2. The van der Waals surface area contributed by atoms with Gasteiger partial charge in [0.1, 0.15) is 0 Å². The van der Waals surface area contributed by atoms with Crippen molar-refractivity contribution in [1.82, 2.24) is 10.2 Å². The summed E-state index contributed by atoms with van der Waals surface area (Å²) in [4.78, 5) is 33.8. The number of aromatic nitrogens is 2. The van der Waals surface area contributed by atoms with E-state index in [1.54, 1.807) is 25.1 Å². The third-order valence-electron chi connectivity index (χ3n) is 3.83. The van der Waals surface area contributed by atoms with Gasteiger partial charge in [0.05, 0.1) is 10.2 Å². The SMILES string of the molecule is CC(=O)Nc1cccc(Nc2nnc(SC(C)C(=O)Nc3ccc([N+](=O)[O-])cc3)s2)c1. The van der Waals surface area contributed by atoms with Crippen molar-refractivity contribution in [3.63, 3.8) is 0 Å². The zero-order valence-electron chi connectivity index (χ0n) is 16.5. The van der Waals surface area contributed by atoms with E-state index in [0.29, 0.717) is 20.8 Å². The third kappa shape index (κ3) is 6.49. The van der Waals surface area contributed by atoms with Gasteiger partial charge in [0.25, 0.3) is 5.69 Å². The molecular weight excluding hydrogens is 440 g/mol. The topological polar surface area (TPSA) is 139 Å². The number of hydrogen-bond donors (Lipinski definition) is 3. The molecule has 0 saturated carbocycles. The van der Waals surface area contributed by atoms with Crippen molar-refractivity contribution in [1.29, 1.82) is 0 Å². The zero-order valence-corrected chi connectivity index (χ0v) is 18.1. The highest BCUT2D eigenvalue weighted by Gasteiger charge is 2.18. The van der Waals surface area contributed by atoms with Gasteiger partial charge >= 0.3 is 0 Å². The van der Waals surface area contributed by atoms with Crippen LogP contribution in [-0.2, 0) is 9.59 Å². The number of nitrogens with one attached hydrogen (secondary N) is 3. The lowest BCUT2D eigenvalue weighted by molar-refractivity contribution is -0.384. The Hall–Kier alpha value is -3.51. The fourth-order valence-corrected chi connectivity index (χ4v) is 4.34. The largest absolute Gasteiger partial charge is 0.330 e. The van der Waals surface area contributed by atoms with Gasteiger partial charge in [0, 0.05) is 36.1 Å². The molecule has 0 spiro atoms. The summed E-state index contributed by atoms with van der Waals surface area (Å²) in [7, 11) is 0. The lowest BCUT2D eigenvalue weighted by atomic mass is 10.3. The monoisotopic (exact) mass is 458 g/mol. The number of hydrogen-bond acceptors (Lipinski definition) is 9. The minimum atomic E-state index is -0.499. The Balaban J connectivity index is 1.56. The summed E-state index contributed by atoms with van der Waals surface area (Å²) in [6.07, 6.45) is 0. The fraction of sp³-hybridized carbons (Fsp3) is 0.158. The molecule has 2 amide bonds. The van der Waals surface area contributed by atoms with Crippen molar-refractivity contribution >= 4 is 62.8 Å². The molecule has 0 radical (unpaired) electrons. The number of nitro benzene ring substituents is 1. The maximum atomic E-state index is 12.4. The first kappa shape index (κ1) is 22.2. The van der Waals surface area contributed by atoms with Crippen LogP contribution in [0.2, 0.25) is 0 Å². The van der Waals surface area contributed by atoms with Gasteiger partial charge in [-0.2, -0.15) is 0 Å². The summed E-state index contributed by atoms with van der Waals surface area (Å²) in [5, 5.41) is 27.5. The molecular formula is C19H18N6O4S2. The summed E-state index contributed by atoms with van der Waals surface area (Å²) < 4.78 is 0.604. The minimum absolute atomic E-state index is 0.0445. The molecule has 3 aromatic rings. The molecule has 3 rings (SSSR count). The molecule has 1 heterocycles. The molecule has 1 unspecified atom stereocenters. The Morgan fingerprint density at radius 2 is 1.77 bits per heavy atom. The molecule has 0 aliphatic heterocycles. The molecule has 31 heavy (non-hydrogen) atoms. The molecule has 0 fully saturated rings. The first-order chi connectivity index (χ1) is 14.8. The zero-order chi connectivity index (χ0) is 22.4. The van der Waals surface area contributed by atoms with Crippen LogP contribution in [0.3, 0.4) is 0 Å². The van der Waals surface area contributed by atoms with Crippen LogP contribution >= 0.6 is 23.1 Å². The summed E-state index contributed by atoms with van der Waals surface area (Å²) in [6, 6.07) is 12.8. The van der Waals surface area contributed by atoms with Crippen LogP contribution in [0.1, 0.15) is 13.8 Å². The van der Waals surface area contributed by atoms with Crippen molar-refractivity contribution in [2.45, 2.75) is 23.4 Å². The number of carbonyl (C=O) groups is 2. The number of nitrogens with zero attached hydrogens (tertiary/aromatic N) is 3. The third-order valence-corrected chi connectivity index (χ3v) is 5.86. The van der Waals surface area contributed by atoms with Crippen LogP contribution in [0, 0.1) is 10.1 Å². The molecule has 1 aromatic heterocycles. The highest BCUT2D eigenvalue weighted by Crippen LogP contribution is 2.31. The molecule has 0 bridgehead atoms. The average Bonchev–Trinajstić information content (AvgIpc) is 3.14. The molecule has 160 valence electrons. The number of rotatable bonds is 8. The predicted molar refractivity (Wildman–Crippen MR) is 121 cm³/mol. The predicted octanol–water partition coefficient (Wildman–Crippen LogP) is 4.27. The molecule has 3 N–H and O–H groups in total. The van der Waals surface area contributed by atoms with Gasteiger partial charge in [-0.15, -0.1) is 10.2 Å². The van der Waals surface area contributed by atoms with Gasteiger partial charge in [0.15, 0.2) is 4.34 Å². The smallest absolute Gasteiger partial charge is 0.269 e. The number of thioether (sulfide) groups is 1. The van der Waals surface area contributed by atoms with E-state index in [1.807, 2.05) is 6.07 Å². The standard InChI is InChI=1S/C19H18N6O4S2/c1-11(17(27)21-13-6-8-16(9-7-13)25(28)29)30-19-24-23-18(31-19)22-15-5-3-4-14(10-15)20-12(2)26/h3-11H,1-2H3,(H,20,26)(H,21,27)(H,22,23). The van der Waals surface area contributed by atoms with Gasteiger partial charge < -0.3 is 16.0 Å². The molecule has 10 nitrogen and oxygen atoms in total. The lowest BCUT2D eigenvalue weighted by Gasteiger charge is -2.10. The van der Waals surface area contributed by atoms with E-state index >= 15 is 0 Å². The van der Waals surface area contributed by atoms with Crippen molar-refractivity contribution in [3.8, 4) is 0 Å². The van der Waals surface area contributed by atoms with Gasteiger partial charge in [-0.3, -0.25) is 19.7 Å². The fourth-order valence-electron chi connectivity index (χ4n) is 2.42. The van der Waals surface area contributed by atoms with Crippen LogP contribution in [0.25, 0.3) is 0 Å². The maximum absolute atomic E-state index is 12.4. The van der Waals surface area contributed by atoms with Crippen LogP contribution < -0.4 is 16.0 Å². The molecule has 0 aliphatic carbocycles. The molecule has 12 heteroatoms. The first-order valence-electron chi connectivity index (χ1n) is 9.00. The van der Waals surface area contributed by atoms with Gasteiger partial charge in [0.2, 0.25) is 16.9 Å². The molecule has 0 saturated heterocycles. The Kier molecular flexibility index (Phi) is 7.15. The number of carbonyl (C=O) groups excluding carboxylic acids is 2. The van der Waals surface area contributed by atoms with Crippen LogP contribution in [0.5, 0.6) is 0 Å². The number of anilines is 4. The minimum Gasteiger partial charge on any atom is -0.330 e. The summed E-state index contributed by atoms with van der Waals surface area (Å²) in [5.74, 6) is -0.417. The Bertz CT molecular complexity index is 1100. The highest BCUT2D eigenvalue weighted by molar-refractivity contribution is 8.02. The number of non-ortho nitro benzene ring substituents is 1. The van der Waals surface area contributed by atoms with Gasteiger partial charge in [-0.25, -0.2) is 0 Å². The van der Waals surface area contributed by atoms with E-state index in [0.717, 1.165) is 5.69 Å². The Morgan fingerprint density at radius 3 is 2.45 bits per heavy atom. The Labute approximate surface area is 185 Å². The number of nitro groups is 1. The second-order valence-electron chi connectivity index (χ2n) is 6.31. The van der Waals surface area contributed by atoms with E-state index in [1.165, 1.54) is 54.3 Å². The van der Waals surface area contributed by atoms with Crippen molar-refractivity contribution < 1.29 is 14.5 Å². The quantitative estimate of drug-likeness (QED) is 0.258. The van der Waals surface area contributed by atoms with Crippen LogP contribution in [0.15, 0.2) is 52.9 Å². The summed E-state index contributed by atoms with van der Waals surface area (Å²) >= 11 is 2.54. The second-order valence-corrected chi connectivity index (χ2v) is 8.88. The van der Waals surface area contributed by atoms with Crippen molar-refractivity contribution in [2.24, 2.45) is 0 Å². The van der Waals surface area contributed by atoms with Crippen molar-refractivity contribution in [3.05, 3.63) is 58.6 Å². The molecule has 0 aliphatic rings. The maximum Gasteiger partial charge on any atom is 0.269 e. The normalized spacial score (nSPS) is 11.4. The summed E-state index contributed by atoms with van der Waals surface area (Å²) in [6.45, 7) is 3.17. The Morgan fingerprint density at radius 1 is 1.06 bits per heavy atom. The van der Waals surface area contributed by atoms with Gasteiger partial charge in [-0.1, -0.05) is 29.2 Å². The van der Waals surface area contributed by atoms with E-state index in [4.69, 9.17) is 0 Å². The average molecular weight is 459 g/mol.